The Bertz CT molecular complexity index is 152. The fourth-order valence-corrected chi connectivity index (χ4v) is 2.90. The van der Waals surface area contributed by atoms with E-state index in [0.717, 1.165) is 11.8 Å². The molecule has 0 aromatic rings. The molecule has 0 heterocycles. The van der Waals surface area contributed by atoms with Crippen LogP contribution in [0.2, 0.25) is 0 Å². The predicted molar refractivity (Wildman–Crippen MR) is 49.8 cm³/mol. The summed E-state index contributed by atoms with van der Waals surface area (Å²) < 4.78 is 0. The molecule has 0 radical (unpaired) electrons. The van der Waals surface area contributed by atoms with E-state index in [2.05, 4.69) is 13.8 Å². The van der Waals surface area contributed by atoms with Gasteiger partial charge in [-0.25, -0.2) is 0 Å². The Morgan fingerprint density at radius 2 is 1.91 bits per heavy atom. The van der Waals surface area contributed by atoms with E-state index in [4.69, 9.17) is 5.73 Å². The van der Waals surface area contributed by atoms with Crippen molar-refractivity contribution >= 4 is 12.4 Å². The van der Waals surface area contributed by atoms with Crippen molar-refractivity contribution in [3.8, 4) is 0 Å². The standard InChI is InChI=1S/C9H17N.ClH/c1-9(2)7-4-3-6(5-7)8(9)10;/h6-8H,3-5,10H2,1-2H3;1H/t6-,7+,8-;/m1./s1. The quantitative estimate of drug-likeness (QED) is 0.600. The Kier molecular flexibility index (Phi) is 2.24. The molecule has 0 unspecified atom stereocenters. The van der Waals surface area contributed by atoms with Crippen molar-refractivity contribution in [1.29, 1.82) is 0 Å². The second-order valence-electron chi connectivity index (χ2n) is 4.62. The molecule has 1 nitrogen and oxygen atoms in total. The van der Waals surface area contributed by atoms with Gasteiger partial charge in [-0.2, -0.15) is 0 Å². The van der Waals surface area contributed by atoms with Gasteiger partial charge in [-0.3, -0.25) is 0 Å². The number of hydrogen-bond acceptors (Lipinski definition) is 1. The highest BCUT2D eigenvalue weighted by Gasteiger charge is 2.50. The zero-order valence-corrected chi connectivity index (χ0v) is 8.16. The van der Waals surface area contributed by atoms with Gasteiger partial charge in [-0.15, -0.1) is 12.4 Å². The second kappa shape index (κ2) is 2.63. The molecule has 0 amide bonds. The Hall–Kier alpha value is 0.250. The van der Waals surface area contributed by atoms with E-state index >= 15 is 0 Å². The molecule has 2 N–H and O–H groups in total. The Morgan fingerprint density at radius 1 is 1.27 bits per heavy atom. The van der Waals surface area contributed by atoms with Crippen molar-refractivity contribution in [3.05, 3.63) is 0 Å². The van der Waals surface area contributed by atoms with Gasteiger partial charge in [-0.1, -0.05) is 13.8 Å². The predicted octanol–water partition coefficient (Wildman–Crippen LogP) is 2.19. The van der Waals surface area contributed by atoms with Gasteiger partial charge in [0, 0.05) is 6.04 Å². The summed E-state index contributed by atoms with van der Waals surface area (Å²) >= 11 is 0. The Morgan fingerprint density at radius 3 is 2.18 bits per heavy atom. The lowest BCUT2D eigenvalue weighted by atomic mass is 9.73. The third-order valence-electron chi connectivity index (χ3n) is 3.89. The van der Waals surface area contributed by atoms with E-state index in [-0.39, 0.29) is 12.4 Å². The van der Waals surface area contributed by atoms with E-state index in [1.807, 2.05) is 0 Å². The minimum atomic E-state index is 0. The molecule has 2 fully saturated rings. The molecule has 11 heavy (non-hydrogen) atoms. The van der Waals surface area contributed by atoms with Crippen LogP contribution in [0.25, 0.3) is 0 Å². The first-order valence-electron chi connectivity index (χ1n) is 4.38. The Balaban J connectivity index is 0.000000605. The van der Waals surface area contributed by atoms with Gasteiger partial charge < -0.3 is 5.73 Å². The monoisotopic (exact) mass is 175 g/mol. The van der Waals surface area contributed by atoms with Gasteiger partial charge in [-0.05, 0) is 36.5 Å². The first kappa shape index (κ1) is 9.34. The summed E-state index contributed by atoms with van der Waals surface area (Å²) in [6.07, 6.45) is 4.24. The van der Waals surface area contributed by atoms with Crippen molar-refractivity contribution in [2.45, 2.75) is 39.2 Å². The largest absolute Gasteiger partial charge is 0.327 e. The molecule has 2 heteroatoms. The van der Waals surface area contributed by atoms with Crippen molar-refractivity contribution < 1.29 is 0 Å². The average Bonchev–Trinajstić information content (AvgIpc) is 2.37. The second-order valence-corrected chi connectivity index (χ2v) is 4.62. The lowest BCUT2D eigenvalue weighted by Crippen LogP contribution is -2.42. The third kappa shape index (κ3) is 1.09. The van der Waals surface area contributed by atoms with E-state index in [0.29, 0.717) is 11.5 Å². The maximum absolute atomic E-state index is 6.10. The summed E-state index contributed by atoms with van der Waals surface area (Å²) in [5, 5.41) is 0. The summed E-state index contributed by atoms with van der Waals surface area (Å²) in [6, 6.07) is 0.492. The van der Waals surface area contributed by atoms with Crippen LogP contribution in [0.1, 0.15) is 33.1 Å². The van der Waals surface area contributed by atoms with Gasteiger partial charge in [0.2, 0.25) is 0 Å². The van der Waals surface area contributed by atoms with Crippen LogP contribution in [-0.4, -0.2) is 6.04 Å². The first-order chi connectivity index (χ1) is 4.62. The molecule has 2 rings (SSSR count). The topological polar surface area (TPSA) is 26.0 Å². The van der Waals surface area contributed by atoms with Crippen molar-refractivity contribution in [1.82, 2.24) is 0 Å². The molecular weight excluding hydrogens is 158 g/mol. The smallest absolute Gasteiger partial charge is 0.0121 e. The minimum Gasteiger partial charge on any atom is -0.327 e. The highest BCUT2D eigenvalue weighted by molar-refractivity contribution is 5.85. The van der Waals surface area contributed by atoms with Gasteiger partial charge in [0.1, 0.15) is 0 Å². The molecule has 2 saturated carbocycles. The van der Waals surface area contributed by atoms with Crippen LogP contribution in [-0.2, 0) is 0 Å². The molecule has 0 aromatic carbocycles. The zero-order chi connectivity index (χ0) is 7.35. The van der Waals surface area contributed by atoms with E-state index in [1.165, 1.54) is 19.3 Å². The van der Waals surface area contributed by atoms with Gasteiger partial charge in [0.15, 0.2) is 0 Å². The summed E-state index contributed by atoms with van der Waals surface area (Å²) in [7, 11) is 0. The average molecular weight is 176 g/mol. The van der Waals surface area contributed by atoms with Crippen LogP contribution in [0.15, 0.2) is 0 Å². The number of hydrogen-bond donors (Lipinski definition) is 1. The molecule has 2 aliphatic rings. The minimum absolute atomic E-state index is 0. The lowest BCUT2D eigenvalue weighted by Gasteiger charge is -2.35. The Labute approximate surface area is 75.1 Å². The highest BCUT2D eigenvalue weighted by Crippen LogP contribution is 2.54. The molecule has 3 atom stereocenters. The SMILES string of the molecule is CC1(C)[C@H]2CC[C@H](C2)[C@H]1N.Cl. The molecule has 0 aromatic heterocycles. The summed E-state index contributed by atoms with van der Waals surface area (Å²) in [5.74, 6) is 1.80. The first-order valence-corrected chi connectivity index (χ1v) is 4.38. The highest BCUT2D eigenvalue weighted by atomic mass is 35.5. The zero-order valence-electron chi connectivity index (χ0n) is 7.34. The summed E-state index contributed by atoms with van der Waals surface area (Å²) in [6.45, 7) is 4.67. The fourth-order valence-electron chi connectivity index (χ4n) is 2.90. The number of halogens is 1. The molecule has 2 aliphatic carbocycles. The van der Waals surface area contributed by atoms with Crippen molar-refractivity contribution in [2.24, 2.45) is 23.0 Å². The maximum Gasteiger partial charge on any atom is 0.0121 e. The van der Waals surface area contributed by atoms with Crippen LogP contribution in [0.3, 0.4) is 0 Å². The van der Waals surface area contributed by atoms with E-state index < -0.39 is 0 Å². The van der Waals surface area contributed by atoms with Crippen molar-refractivity contribution in [2.75, 3.05) is 0 Å². The fraction of sp³-hybridized carbons (Fsp3) is 1.00. The summed E-state index contributed by atoms with van der Waals surface area (Å²) in [5.41, 5.74) is 6.55. The summed E-state index contributed by atoms with van der Waals surface area (Å²) in [4.78, 5) is 0. The number of rotatable bonds is 0. The van der Waals surface area contributed by atoms with Crippen LogP contribution in [0.5, 0.6) is 0 Å². The van der Waals surface area contributed by atoms with Gasteiger partial charge >= 0.3 is 0 Å². The molecule has 0 aliphatic heterocycles. The molecule has 0 saturated heterocycles. The lowest BCUT2D eigenvalue weighted by molar-refractivity contribution is 0.181. The van der Waals surface area contributed by atoms with Crippen LogP contribution in [0, 0.1) is 17.3 Å². The third-order valence-corrected chi connectivity index (χ3v) is 3.89. The molecule has 0 spiro atoms. The number of fused-ring (bicyclic) bond motifs is 2. The van der Waals surface area contributed by atoms with Gasteiger partial charge in [0.05, 0.1) is 0 Å². The van der Waals surface area contributed by atoms with E-state index in [9.17, 15) is 0 Å². The van der Waals surface area contributed by atoms with Crippen LogP contribution in [0.4, 0.5) is 0 Å². The molecule has 66 valence electrons. The maximum atomic E-state index is 6.10. The molecule has 2 bridgehead atoms. The van der Waals surface area contributed by atoms with Crippen LogP contribution >= 0.6 is 12.4 Å². The van der Waals surface area contributed by atoms with E-state index in [1.54, 1.807) is 0 Å². The van der Waals surface area contributed by atoms with Crippen LogP contribution < -0.4 is 5.73 Å². The number of nitrogens with two attached hydrogens (primary N) is 1. The molecular formula is C9H18ClN. The normalized spacial score (nSPS) is 45.5. The van der Waals surface area contributed by atoms with Gasteiger partial charge in [0.25, 0.3) is 0 Å². The van der Waals surface area contributed by atoms with Crippen molar-refractivity contribution in [3.63, 3.8) is 0 Å².